The van der Waals surface area contributed by atoms with Gasteiger partial charge in [-0.05, 0) is 32.3 Å². The molecule has 2 aromatic rings. The molecule has 136 valence electrons. The minimum absolute atomic E-state index is 0.0471. The predicted molar refractivity (Wildman–Crippen MR) is 93.7 cm³/mol. The van der Waals surface area contributed by atoms with Gasteiger partial charge in [-0.15, -0.1) is 0 Å². The predicted octanol–water partition coefficient (Wildman–Crippen LogP) is 0.916. The van der Waals surface area contributed by atoms with Crippen molar-refractivity contribution >= 4 is 11.8 Å². The van der Waals surface area contributed by atoms with E-state index in [1.165, 1.54) is 6.20 Å². The summed E-state index contributed by atoms with van der Waals surface area (Å²) in [5.41, 5.74) is 2.79. The fourth-order valence-corrected chi connectivity index (χ4v) is 3.46. The van der Waals surface area contributed by atoms with Crippen LogP contribution in [0.15, 0.2) is 18.5 Å². The number of piperazine rings is 1. The smallest absolute Gasteiger partial charge is 0.274 e. The van der Waals surface area contributed by atoms with Crippen LogP contribution in [0.3, 0.4) is 0 Å². The molecule has 1 saturated heterocycles. The Morgan fingerprint density at radius 1 is 0.885 bits per heavy atom. The topological polar surface area (TPSA) is 84.2 Å². The number of rotatable bonds is 2. The van der Waals surface area contributed by atoms with Crippen LogP contribution in [0.25, 0.3) is 0 Å². The number of carbonyl (C=O) groups excluding carboxylic acids is 2. The summed E-state index contributed by atoms with van der Waals surface area (Å²) in [7, 11) is 0. The number of aryl methyl sites for hydroxylation is 3. The largest absolute Gasteiger partial charge is 0.334 e. The highest BCUT2D eigenvalue weighted by Crippen LogP contribution is 2.17. The zero-order valence-electron chi connectivity index (χ0n) is 14.9. The zero-order chi connectivity index (χ0) is 18.1. The SMILES string of the molecule is Cc1cnc(C(=O)N2CCN(C(=O)c3cc4n(n3)CCCC4)CC2)cn1. The van der Waals surface area contributed by atoms with E-state index in [1.807, 2.05) is 17.7 Å². The molecule has 0 bridgehead atoms. The molecule has 0 atom stereocenters. The quantitative estimate of drug-likeness (QED) is 0.801. The van der Waals surface area contributed by atoms with E-state index >= 15 is 0 Å². The average Bonchev–Trinajstić information content (AvgIpc) is 3.12. The zero-order valence-corrected chi connectivity index (χ0v) is 14.9. The van der Waals surface area contributed by atoms with Crippen LogP contribution in [0.5, 0.6) is 0 Å². The van der Waals surface area contributed by atoms with Gasteiger partial charge in [0.1, 0.15) is 5.69 Å². The molecule has 4 heterocycles. The van der Waals surface area contributed by atoms with Crippen molar-refractivity contribution in [1.29, 1.82) is 0 Å². The monoisotopic (exact) mass is 354 g/mol. The van der Waals surface area contributed by atoms with E-state index in [1.54, 1.807) is 16.0 Å². The summed E-state index contributed by atoms with van der Waals surface area (Å²) in [5.74, 6) is -0.184. The number of aromatic nitrogens is 4. The van der Waals surface area contributed by atoms with Gasteiger partial charge in [-0.1, -0.05) is 0 Å². The minimum atomic E-state index is -0.137. The molecule has 0 saturated carbocycles. The van der Waals surface area contributed by atoms with Crippen molar-refractivity contribution in [3.05, 3.63) is 41.2 Å². The average molecular weight is 354 g/mol. The molecule has 2 aromatic heterocycles. The van der Waals surface area contributed by atoms with Crippen molar-refractivity contribution in [2.45, 2.75) is 32.7 Å². The van der Waals surface area contributed by atoms with E-state index in [0.29, 0.717) is 37.6 Å². The van der Waals surface area contributed by atoms with Gasteiger partial charge in [0.2, 0.25) is 0 Å². The molecule has 0 radical (unpaired) electrons. The van der Waals surface area contributed by atoms with Crippen molar-refractivity contribution in [3.63, 3.8) is 0 Å². The van der Waals surface area contributed by atoms with Crippen LogP contribution in [0.1, 0.15) is 45.2 Å². The summed E-state index contributed by atoms with van der Waals surface area (Å²) in [5, 5.41) is 4.46. The molecule has 26 heavy (non-hydrogen) atoms. The second-order valence-electron chi connectivity index (χ2n) is 6.83. The molecule has 0 N–H and O–H groups in total. The highest BCUT2D eigenvalue weighted by Gasteiger charge is 2.28. The first-order valence-corrected chi connectivity index (χ1v) is 9.06. The normalized spacial score (nSPS) is 17.1. The van der Waals surface area contributed by atoms with Gasteiger partial charge in [0.15, 0.2) is 5.69 Å². The Morgan fingerprint density at radius 2 is 1.58 bits per heavy atom. The Bertz CT molecular complexity index is 797. The van der Waals surface area contributed by atoms with E-state index in [-0.39, 0.29) is 11.8 Å². The van der Waals surface area contributed by atoms with Gasteiger partial charge in [-0.25, -0.2) is 4.98 Å². The molecule has 0 spiro atoms. The number of hydrogen-bond donors (Lipinski definition) is 0. The molecule has 2 aliphatic rings. The van der Waals surface area contributed by atoms with Crippen molar-refractivity contribution in [3.8, 4) is 0 Å². The van der Waals surface area contributed by atoms with Crippen LogP contribution >= 0.6 is 0 Å². The van der Waals surface area contributed by atoms with Crippen LogP contribution < -0.4 is 0 Å². The van der Waals surface area contributed by atoms with Gasteiger partial charge in [-0.2, -0.15) is 5.10 Å². The highest BCUT2D eigenvalue weighted by atomic mass is 16.2. The summed E-state index contributed by atoms with van der Waals surface area (Å²) in [4.78, 5) is 37.0. The number of carbonyl (C=O) groups is 2. The lowest BCUT2D eigenvalue weighted by Gasteiger charge is -2.34. The molecule has 0 aliphatic carbocycles. The van der Waals surface area contributed by atoms with E-state index in [4.69, 9.17) is 0 Å². The summed E-state index contributed by atoms with van der Waals surface area (Å²) in [6, 6.07) is 1.92. The van der Waals surface area contributed by atoms with Gasteiger partial charge in [0.25, 0.3) is 11.8 Å². The number of fused-ring (bicyclic) bond motifs is 1. The highest BCUT2D eigenvalue weighted by molar-refractivity contribution is 5.94. The number of hydrogen-bond acceptors (Lipinski definition) is 5. The summed E-state index contributed by atoms with van der Waals surface area (Å²) in [6.07, 6.45) is 6.35. The summed E-state index contributed by atoms with van der Waals surface area (Å²) in [6.45, 7) is 4.72. The standard InChI is InChI=1S/C18H22N6O2/c1-13-11-20-16(12-19-13)18(26)23-8-6-22(7-9-23)17(25)15-10-14-4-2-3-5-24(14)21-15/h10-12H,2-9H2,1H3. The van der Waals surface area contributed by atoms with Crippen molar-refractivity contribution in [2.24, 2.45) is 0 Å². The van der Waals surface area contributed by atoms with Crippen LogP contribution in [-0.4, -0.2) is 67.5 Å². The van der Waals surface area contributed by atoms with Gasteiger partial charge in [0, 0.05) is 44.6 Å². The maximum Gasteiger partial charge on any atom is 0.274 e. The second kappa shape index (κ2) is 6.86. The first kappa shape index (κ1) is 16.7. The molecule has 8 nitrogen and oxygen atoms in total. The van der Waals surface area contributed by atoms with Gasteiger partial charge in [0.05, 0.1) is 11.9 Å². The van der Waals surface area contributed by atoms with Crippen molar-refractivity contribution in [1.82, 2.24) is 29.5 Å². The lowest BCUT2D eigenvalue weighted by molar-refractivity contribution is 0.0528. The number of amides is 2. The molecular formula is C18H22N6O2. The Balaban J connectivity index is 1.38. The third-order valence-electron chi connectivity index (χ3n) is 4.99. The summed E-state index contributed by atoms with van der Waals surface area (Å²) >= 11 is 0. The lowest BCUT2D eigenvalue weighted by atomic mass is 10.1. The Morgan fingerprint density at radius 3 is 2.19 bits per heavy atom. The fraction of sp³-hybridized carbons (Fsp3) is 0.500. The Kier molecular flexibility index (Phi) is 4.40. The third kappa shape index (κ3) is 3.18. The minimum Gasteiger partial charge on any atom is -0.334 e. The van der Waals surface area contributed by atoms with E-state index in [2.05, 4.69) is 15.1 Å². The lowest BCUT2D eigenvalue weighted by Crippen LogP contribution is -2.50. The maximum absolute atomic E-state index is 12.7. The summed E-state index contributed by atoms with van der Waals surface area (Å²) < 4.78 is 1.95. The Labute approximate surface area is 151 Å². The molecule has 0 aromatic carbocycles. The van der Waals surface area contributed by atoms with E-state index in [9.17, 15) is 9.59 Å². The number of nitrogens with zero attached hydrogens (tertiary/aromatic N) is 6. The van der Waals surface area contributed by atoms with Gasteiger partial charge < -0.3 is 9.80 Å². The van der Waals surface area contributed by atoms with Crippen LogP contribution in [0, 0.1) is 6.92 Å². The molecule has 0 unspecified atom stereocenters. The van der Waals surface area contributed by atoms with Gasteiger partial charge in [-0.3, -0.25) is 19.3 Å². The third-order valence-corrected chi connectivity index (χ3v) is 4.99. The maximum atomic E-state index is 12.7. The van der Waals surface area contributed by atoms with Crippen LogP contribution in [-0.2, 0) is 13.0 Å². The first-order valence-electron chi connectivity index (χ1n) is 9.06. The first-order chi connectivity index (χ1) is 12.6. The second-order valence-corrected chi connectivity index (χ2v) is 6.83. The Hall–Kier alpha value is -2.77. The van der Waals surface area contributed by atoms with E-state index in [0.717, 1.165) is 37.2 Å². The molecular weight excluding hydrogens is 332 g/mol. The van der Waals surface area contributed by atoms with Crippen LogP contribution in [0.2, 0.25) is 0 Å². The molecule has 4 rings (SSSR count). The molecule has 1 fully saturated rings. The molecule has 8 heteroatoms. The molecule has 2 amide bonds. The molecule has 2 aliphatic heterocycles. The van der Waals surface area contributed by atoms with E-state index < -0.39 is 0 Å². The fourth-order valence-electron chi connectivity index (χ4n) is 3.46. The van der Waals surface area contributed by atoms with Crippen molar-refractivity contribution in [2.75, 3.05) is 26.2 Å². The van der Waals surface area contributed by atoms with Gasteiger partial charge >= 0.3 is 0 Å². The van der Waals surface area contributed by atoms with Crippen molar-refractivity contribution < 1.29 is 9.59 Å². The van der Waals surface area contributed by atoms with Crippen LogP contribution in [0.4, 0.5) is 0 Å².